The summed E-state index contributed by atoms with van der Waals surface area (Å²) >= 11 is 0. The van der Waals surface area contributed by atoms with E-state index in [-0.39, 0.29) is 22.1 Å². The molecule has 1 amide bonds. The second-order valence-corrected chi connectivity index (χ2v) is 9.95. The molecule has 0 radical (unpaired) electrons. The summed E-state index contributed by atoms with van der Waals surface area (Å²) in [5, 5.41) is 0.702. The fourth-order valence-electron chi connectivity index (χ4n) is 3.87. The van der Waals surface area contributed by atoms with E-state index in [9.17, 15) is 18.0 Å². The molecule has 0 heterocycles. The van der Waals surface area contributed by atoms with E-state index in [0.717, 1.165) is 0 Å². The summed E-state index contributed by atoms with van der Waals surface area (Å²) in [4.78, 5) is 25.8. The molecule has 8 nitrogen and oxygen atoms in total. The monoisotopic (exact) mass is 539 g/mol. The van der Waals surface area contributed by atoms with Crippen LogP contribution >= 0.6 is 0 Å². The van der Waals surface area contributed by atoms with Gasteiger partial charge in [-0.15, -0.1) is 0 Å². The third kappa shape index (κ3) is 5.58. The summed E-state index contributed by atoms with van der Waals surface area (Å²) < 4.78 is 44.3. The molecule has 0 aliphatic heterocycles. The van der Waals surface area contributed by atoms with Gasteiger partial charge in [0.1, 0.15) is 17.2 Å². The number of carbonyl (C=O) groups is 2. The maximum Gasteiger partial charge on any atom is 0.519 e. The van der Waals surface area contributed by atoms with Gasteiger partial charge in [-0.05, 0) is 48.5 Å². The van der Waals surface area contributed by atoms with E-state index in [0.29, 0.717) is 20.8 Å². The number of carbonyl (C=O) groups excluding carboxylic acids is 2. The summed E-state index contributed by atoms with van der Waals surface area (Å²) in [7, 11) is -4.42. The van der Waals surface area contributed by atoms with E-state index >= 15 is 0 Å². The zero-order chi connectivity index (χ0) is 27.2. The zero-order valence-corrected chi connectivity index (χ0v) is 21.2. The first kappa shape index (κ1) is 25.5. The normalized spacial score (nSPS) is 11.0. The summed E-state index contributed by atoms with van der Waals surface area (Å²) in [6, 6.07) is 33.5. The van der Waals surface area contributed by atoms with Gasteiger partial charge in [-0.25, -0.2) is 18.0 Å². The van der Waals surface area contributed by atoms with Crippen molar-refractivity contribution in [3.63, 3.8) is 0 Å². The van der Waals surface area contributed by atoms with Crippen molar-refractivity contribution < 1.29 is 32.2 Å². The van der Waals surface area contributed by atoms with Gasteiger partial charge in [0.15, 0.2) is 0 Å². The molecule has 194 valence electrons. The highest BCUT2D eigenvalue weighted by Gasteiger charge is 2.34. The molecule has 5 rings (SSSR count). The number of nitrogens with zero attached hydrogens (tertiary/aromatic N) is 1. The second kappa shape index (κ2) is 11.1. The number of amides is 1. The van der Waals surface area contributed by atoms with Crippen molar-refractivity contribution in [2.75, 3.05) is 4.31 Å². The number of hydrogen-bond acceptors (Lipinski definition) is 7. The van der Waals surface area contributed by atoms with Crippen molar-refractivity contribution in [1.29, 1.82) is 0 Å². The number of fused-ring (bicyclic) bond motifs is 1. The molecule has 0 fully saturated rings. The van der Waals surface area contributed by atoms with Gasteiger partial charge in [-0.1, -0.05) is 78.9 Å². The molecule has 0 spiro atoms. The average Bonchev–Trinajstić information content (AvgIpc) is 2.96. The molecule has 5 aromatic rings. The molecule has 0 saturated carbocycles. The van der Waals surface area contributed by atoms with E-state index in [1.807, 2.05) is 0 Å². The summed E-state index contributed by atoms with van der Waals surface area (Å²) in [5.41, 5.74) is 0.0131. The maximum atomic E-state index is 13.8. The van der Waals surface area contributed by atoms with Gasteiger partial charge in [0.2, 0.25) is 0 Å². The molecule has 9 heteroatoms. The average molecular weight is 540 g/mol. The molecule has 0 aliphatic carbocycles. The summed E-state index contributed by atoms with van der Waals surface area (Å²) in [5.74, 6) is 0.583. The van der Waals surface area contributed by atoms with Crippen LogP contribution in [0.3, 0.4) is 0 Å². The number of ether oxygens (including phenoxy) is 3. The minimum Gasteiger partial charge on any atom is -0.409 e. The van der Waals surface area contributed by atoms with Gasteiger partial charge in [0, 0.05) is 10.8 Å². The Labute approximate surface area is 224 Å². The Bertz CT molecular complexity index is 1730. The Morgan fingerprint density at radius 2 is 1.05 bits per heavy atom. The topological polar surface area (TPSA) is 99.2 Å². The van der Waals surface area contributed by atoms with Crippen LogP contribution in [0.5, 0.6) is 17.2 Å². The number of sulfonamides is 1. The van der Waals surface area contributed by atoms with Gasteiger partial charge >= 0.3 is 12.2 Å². The third-order valence-corrected chi connectivity index (χ3v) is 7.31. The van der Waals surface area contributed by atoms with Crippen LogP contribution in [0.15, 0.2) is 132 Å². The van der Waals surface area contributed by atoms with Crippen LogP contribution in [0.4, 0.5) is 15.3 Å². The van der Waals surface area contributed by atoms with Gasteiger partial charge in [-0.2, -0.15) is 4.31 Å². The smallest absolute Gasteiger partial charge is 0.409 e. The second-order valence-electron chi connectivity index (χ2n) is 8.16. The highest BCUT2D eigenvalue weighted by molar-refractivity contribution is 7.93. The van der Waals surface area contributed by atoms with E-state index in [1.165, 1.54) is 24.3 Å². The predicted octanol–water partition coefficient (Wildman–Crippen LogP) is 6.81. The van der Waals surface area contributed by atoms with E-state index < -0.39 is 22.3 Å². The zero-order valence-electron chi connectivity index (χ0n) is 20.3. The molecule has 0 unspecified atom stereocenters. The van der Waals surface area contributed by atoms with Crippen molar-refractivity contribution in [3.8, 4) is 17.2 Å². The van der Waals surface area contributed by atoms with Gasteiger partial charge < -0.3 is 14.2 Å². The van der Waals surface area contributed by atoms with Crippen LogP contribution in [0, 0.1) is 0 Å². The van der Waals surface area contributed by atoms with Gasteiger partial charge in [-0.3, -0.25) is 0 Å². The minimum absolute atomic E-state index is 0.0131. The molecule has 0 bridgehead atoms. The quantitative estimate of drug-likeness (QED) is 0.173. The van der Waals surface area contributed by atoms with Crippen molar-refractivity contribution >= 4 is 38.7 Å². The Morgan fingerprint density at radius 3 is 1.67 bits per heavy atom. The summed E-state index contributed by atoms with van der Waals surface area (Å²) in [6.07, 6.45) is -2.11. The number of para-hydroxylation sites is 2. The Morgan fingerprint density at radius 1 is 0.538 bits per heavy atom. The highest BCUT2D eigenvalue weighted by atomic mass is 32.2. The minimum atomic E-state index is -4.42. The van der Waals surface area contributed by atoms with Crippen molar-refractivity contribution in [1.82, 2.24) is 0 Å². The largest absolute Gasteiger partial charge is 0.519 e. The lowest BCUT2D eigenvalue weighted by atomic mass is 10.1. The summed E-state index contributed by atoms with van der Waals surface area (Å²) in [6.45, 7) is 0. The lowest BCUT2D eigenvalue weighted by Crippen LogP contribution is -2.39. The maximum absolute atomic E-state index is 13.8. The lowest BCUT2D eigenvalue weighted by Gasteiger charge is -2.24. The predicted molar refractivity (Wildman–Crippen MR) is 146 cm³/mol. The van der Waals surface area contributed by atoms with Gasteiger partial charge in [0.25, 0.3) is 10.0 Å². The molecule has 0 atom stereocenters. The fourth-order valence-corrected chi connectivity index (χ4v) is 5.24. The molecule has 5 aromatic carbocycles. The molecule has 0 aliphatic rings. The number of hydrogen-bond donors (Lipinski definition) is 0. The molecule has 39 heavy (non-hydrogen) atoms. The lowest BCUT2D eigenvalue weighted by molar-refractivity contribution is 0.152. The molecular weight excluding hydrogens is 518 g/mol. The number of rotatable bonds is 6. The van der Waals surface area contributed by atoms with Gasteiger partial charge in [0.05, 0.1) is 10.6 Å². The van der Waals surface area contributed by atoms with E-state index in [1.54, 1.807) is 103 Å². The van der Waals surface area contributed by atoms with Crippen LogP contribution in [0.25, 0.3) is 10.8 Å². The van der Waals surface area contributed by atoms with Crippen molar-refractivity contribution in [3.05, 3.63) is 127 Å². The molecular formula is C30H21NO7S. The molecule has 0 aromatic heterocycles. The molecule has 0 N–H and O–H groups in total. The van der Waals surface area contributed by atoms with Crippen LogP contribution < -0.4 is 18.5 Å². The third-order valence-electron chi connectivity index (χ3n) is 5.61. The first-order valence-corrected chi connectivity index (χ1v) is 13.2. The van der Waals surface area contributed by atoms with E-state index in [2.05, 4.69) is 0 Å². The highest BCUT2D eigenvalue weighted by Crippen LogP contribution is 2.37. The first-order chi connectivity index (χ1) is 18.9. The van der Waals surface area contributed by atoms with Crippen molar-refractivity contribution in [2.45, 2.75) is 4.90 Å². The molecule has 0 saturated heterocycles. The Kier molecular flexibility index (Phi) is 7.24. The first-order valence-electron chi connectivity index (χ1n) is 11.8. The van der Waals surface area contributed by atoms with E-state index in [4.69, 9.17) is 14.2 Å². The van der Waals surface area contributed by atoms with Crippen LogP contribution in [0.2, 0.25) is 0 Å². The SMILES string of the molecule is O=C(Oc1ccccc1)Oc1ccc(N(C(=O)Oc2ccccc2)S(=O)(=O)c2ccccc2)c2ccccc12. The number of benzene rings is 5. The number of anilines is 1. The van der Waals surface area contributed by atoms with Crippen LogP contribution in [-0.2, 0) is 10.0 Å². The standard InChI is InChI=1S/C30H21NO7S/c32-29(36-22-12-4-1-5-13-22)31(39(34,35)24-16-8-3-9-17-24)27-20-21-28(26-19-11-10-18-25(26)27)38-30(33)37-23-14-6-2-7-15-23/h1-21H. The van der Waals surface area contributed by atoms with Crippen LogP contribution in [0.1, 0.15) is 0 Å². The Balaban J connectivity index is 1.57. The Hall–Kier alpha value is -5.15. The van der Waals surface area contributed by atoms with Crippen molar-refractivity contribution in [2.24, 2.45) is 0 Å². The van der Waals surface area contributed by atoms with Crippen LogP contribution in [-0.4, -0.2) is 20.7 Å². The fraction of sp³-hybridized carbons (Fsp3) is 0.